The molecular formula is C12H14. The summed E-state index contributed by atoms with van der Waals surface area (Å²) in [5.41, 5.74) is 0. The number of hydrogen-bond acceptors (Lipinski definition) is 0. The maximum atomic E-state index is 2.50. The van der Waals surface area contributed by atoms with E-state index in [0.29, 0.717) is 0 Å². The van der Waals surface area contributed by atoms with Crippen LogP contribution in [0.15, 0.2) is 24.3 Å². The highest BCUT2D eigenvalue weighted by Gasteiger charge is 2.55. The third-order valence-corrected chi connectivity index (χ3v) is 4.72. The summed E-state index contributed by atoms with van der Waals surface area (Å²) in [6.45, 7) is 0. The Morgan fingerprint density at radius 3 is 1.25 bits per heavy atom. The van der Waals surface area contributed by atoms with E-state index in [0.717, 1.165) is 35.5 Å². The first-order valence-corrected chi connectivity index (χ1v) is 5.30. The normalized spacial score (nSPS) is 63.3. The van der Waals surface area contributed by atoms with Gasteiger partial charge < -0.3 is 0 Å². The zero-order chi connectivity index (χ0) is 7.71. The minimum atomic E-state index is 0.972. The first kappa shape index (κ1) is 6.01. The maximum absolute atomic E-state index is 2.50. The van der Waals surface area contributed by atoms with Gasteiger partial charge in [0.2, 0.25) is 0 Å². The van der Waals surface area contributed by atoms with Gasteiger partial charge in [-0.25, -0.2) is 0 Å². The first-order chi connectivity index (χ1) is 5.93. The zero-order valence-corrected chi connectivity index (χ0v) is 7.19. The van der Waals surface area contributed by atoms with Crippen LogP contribution in [0, 0.1) is 35.5 Å². The molecule has 4 bridgehead atoms. The Morgan fingerprint density at radius 1 is 0.583 bits per heavy atom. The Morgan fingerprint density at radius 2 is 0.917 bits per heavy atom. The lowest BCUT2D eigenvalue weighted by Crippen LogP contribution is -2.23. The number of rotatable bonds is 0. The number of allylic oxidation sites excluding steroid dienone is 4. The summed E-state index contributed by atoms with van der Waals surface area (Å²) in [5.74, 6) is 6.02. The lowest BCUT2D eigenvalue weighted by atomic mass is 9.76. The molecule has 0 aliphatic heterocycles. The van der Waals surface area contributed by atoms with Gasteiger partial charge in [0.05, 0.1) is 0 Å². The second-order valence-corrected chi connectivity index (χ2v) is 5.05. The van der Waals surface area contributed by atoms with E-state index in [4.69, 9.17) is 0 Å². The summed E-state index contributed by atoms with van der Waals surface area (Å²) < 4.78 is 0. The minimum absolute atomic E-state index is 0.972. The fraction of sp³-hybridized carbons (Fsp3) is 0.667. The summed E-state index contributed by atoms with van der Waals surface area (Å²) >= 11 is 0. The van der Waals surface area contributed by atoms with Gasteiger partial charge in [-0.15, -0.1) is 0 Å². The molecule has 0 saturated heterocycles. The molecule has 2 saturated carbocycles. The molecule has 0 heteroatoms. The summed E-state index contributed by atoms with van der Waals surface area (Å²) in [4.78, 5) is 0. The average Bonchev–Trinajstić information content (AvgIpc) is 2.83. The van der Waals surface area contributed by atoms with E-state index in [1.807, 2.05) is 0 Å². The molecule has 0 heterocycles. The first-order valence-electron chi connectivity index (χ1n) is 5.30. The Kier molecular flexibility index (Phi) is 0.856. The molecular weight excluding hydrogens is 144 g/mol. The van der Waals surface area contributed by atoms with Gasteiger partial charge in [-0.2, -0.15) is 0 Å². The van der Waals surface area contributed by atoms with Gasteiger partial charge >= 0.3 is 0 Å². The largest absolute Gasteiger partial charge is 0.0848 e. The van der Waals surface area contributed by atoms with Crippen molar-refractivity contribution in [3.63, 3.8) is 0 Å². The lowest BCUT2D eigenvalue weighted by Gasteiger charge is -2.28. The topological polar surface area (TPSA) is 0 Å². The monoisotopic (exact) mass is 158 g/mol. The molecule has 4 aliphatic carbocycles. The molecule has 0 radical (unpaired) electrons. The van der Waals surface area contributed by atoms with Gasteiger partial charge in [0, 0.05) is 0 Å². The molecule has 0 aromatic rings. The van der Waals surface area contributed by atoms with E-state index in [-0.39, 0.29) is 0 Å². The van der Waals surface area contributed by atoms with Crippen molar-refractivity contribution < 1.29 is 0 Å². The molecule has 0 spiro atoms. The second-order valence-electron chi connectivity index (χ2n) is 5.05. The van der Waals surface area contributed by atoms with Crippen LogP contribution in [0.5, 0.6) is 0 Å². The Balaban J connectivity index is 1.86. The van der Waals surface area contributed by atoms with Crippen LogP contribution in [0.4, 0.5) is 0 Å². The zero-order valence-electron chi connectivity index (χ0n) is 7.19. The summed E-state index contributed by atoms with van der Waals surface area (Å²) in [6, 6.07) is 0. The van der Waals surface area contributed by atoms with E-state index in [2.05, 4.69) is 24.3 Å². The smallest absolute Gasteiger partial charge is 0.0191 e. The SMILES string of the molecule is C1=CC2CC1C1C3C=CC(C3)C21. The van der Waals surface area contributed by atoms with E-state index in [1.165, 1.54) is 12.8 Å². The third kappa shape index (κ3) is 0.485. The van der Waals surface area contributed by atoms with Crippen LogP contribution in [-0.2, 0) is 0 Å². The van der Waals surface area contributed by atoms with Crippen LogP contribution in [0.3, 0.4) is 0 Å². The van der Waals surface area contributed by atoms with Gasteiger partial charge in [-0.3, -0.25) is 0 Å². The van der Waals surface area contributed by atoms with Gasteiger partial charge in [0.15, 0.2) is 0 Å². The van der Waals surface area contributed by atoms with Gasteiger partial charge in [-0.1, -0.05) is 24.3 Å². The molecule has 0 aromatic heterocycles. The van der Waals surface area contributed by atoms with Crippen molar-refractivity contribution in [1.29, 1.82) is 0 Å². The highest BCUT2D eigenvalue weighted by atomic mass is 14.6. The summed E-state index contributed by atoms with van der Waals surface area (Å²) in [6.07, 6.45) is 13.0. The molecule has 4 atom stereocenters. The molecule has 4 aliphatic rings. The van der Waals surface area contributed by atoms with Crippen molar-refractivity contribution in [1.82, 2.24) is 0 Å². The van der Waals surface area contributed by atoms with Crippen LogP contribution in [0.2, 0.25) is 0 Å². The molecule has 62 valence electrons. The molecule has 0 amide bonds. The van der Waals surface area contributed by atoms with Crippen LogP contribution in [-0.4, -0.2) is 0 Å². The maximum Gasteiger partial charge on any atom is -0.0191 e. The minimum Gasteiger partial charge on any atom is -0.0848 e. The fourth-order valence-corrected chi connectivity index (χ4v) is 4.43. The fourth-order valence-electron chi connectivity index (χ4n) is 4.43. The molecule has 2 fully saturated rings. The molecule has 0 aromatic carbocycles. The highest BCUT2D eigenvalue weighted by molar-refractivity contribution is 5.25. The molecule has 4 unspecified atom stereocenters. The molecule has 4 rings (SSSR count). The Bertz CT molecular complexity index is 232. The molecule has 0 N–H and O–H groups in total. The predicted octanol–water partition coefficient (Wildman–Crippen LogP) is 2.63. The quantitative estimate of drug-likeness (QED) is 0.375. The Hall–Kier alpha value is -0.520. The van der Waals surface area contributed by atoms with E-state index >= 15 is 0 Å². The van der Waals surface area contributed by atoms with Crippen LogP contribution in [0.25, 0.3) is 0 Å². The van der Waals surface area contributed by atoms with Crippen molar-refractivity contribution >= 4 is 0 Å². The van der Waals surface area contributed by atoms with Gasteiger partial charge in [0.1, 0.15) is 0 Å². The summed E-state index contributed by atoms with van der Waals surface area (Å²) in [5, 5.41) is 0. The van der Waals surface area contributed by atoms with Crippen molar-refractivity contribution in [2.75, 3.05) is 0 Å². The number of hydrogen-bond donors (Lipinski definition) is 0. The molecule has 0 nitrogen and oxygen atoms in total. The third-order valence-electron chi connectivity index (χ3n) is 4.72. The van der Waals surface area contributed by atoms with Crippen molar-refractivity contribution in [3.8, 4) is 0 Å². The van der Waals surface area contributed by atoms with Crippen molar-refractivity contribution in [2.45, 2.75) is 12.8 Å². The van der Waals surface area contributed by atoms with Gasteiger partial charge in [-0.05, 0) is 48.3 Å². The van der Waals surface area contributed by atoms with Crippen molar-refractivity contribution in [2.24, 2.45) is 35.5 Å². The van der Waals surface area contributed by atoms with Crippen LogP contribution >= 0.6 is 0 Å². The van der Waals surface area contributed by atoms with Crippen LogP contribution in [0.1, 0.15) is 12.8 Å². The average molecular weight is 158 g/mol. The standard InChI is InChI=1S/C12H14/c1-2-8-5-7(1)11-9-3-4-10(6-9)12(8)11/h1-4,7-12H,5-6H2. The summed E-state index contributed by atoms with van der Waals surface area (Å²) in [7, 11) is 0. The lowest BCUT2D eigenvalue weighted by molar-refractivity contribution is 0.290. The molecule has 12 heavy (non-hydrogen) atoms. The predicted molar refractivity (Wildman–Crippen MR) is 48.5 cm³/mol. The van der Waals surface area contributed by atoms with Gasteiger partial charge in [0.25, 0.3) is 0 Å². The van der Waals surface area contributed by atoms with Crippen molar-refractivity contribution in [3.05, 3.63) is 24.3 Å². The number of fused-ring (bicyclic) bond motifs is 9. The van der Waals surface area contributed by atoms with E-state index in [9.17, 15) is 0 Å². The second kappa shape index (κ2) is 1.71. The van der Waals surface area contributed by atoms with E-state index < -0.39 is 0 Å². The van der Waals surface area contributed by atoms with E-state index in [1.54, 1.807) is 0 Å². The Labute approximate surface area is 73.4 Å². The highest BCUT2D eigenvalue weighted by Crippen LogP contribution is 2.62. The van der Waals surface area contributed by atoms with Crippen LogP contribution < -0.4 is 0 Å².